The molecule has 0 radical (unpaired) electrons. The van der Waals surface area contributed by atoms with E-state index in [9.17, 15) is 0 Å². The number of benzene rings is 1. The molecule has 0 amide bonds. The molecule has 0 atom stereocenters. The fourth-order valence-electron chi connectivity index (χ4n) is 2.84. The zero-order chi connectivity index (χ0) is 13.1. The predicted octanol–water partition coefficient (Wildman–Crippen LogP) is 5.33. The second-order valence-electron chi connectivity index (χ2n) is 5.35. The number of halogens is 1. The number of nitrogens with zero attached hydrogens (tertiary/aromatic N) is 1. The lowest BCUT2D eigenvalue weighted by Gasteiger charge is -2.21. The molecule has 0 spiro atoms. The summed E-state index contributed by atoms with van der Waals surface area (Å²) in [6.45, 7) is 1.04. The topological polar surface area (TPSA) is 24.9 Å². The Balaban J connectivity index is 1.56. The fourth-order valence-corrected chi connectivity index (χ4v) is 3.87. The highest BCUT2D eigenvalue weighted by Gasteiger charge is 2.13. The third-order valence-corrected chi connectivity index (χ3v) is 5.13. The summed E-state index contributed by atoms with van der Waals surface area (Å²) in [6, 6.07) is 5.90. The van der Waals surface area contributed by atoms with Crippen LogP contribution in [0, 0.1) is 5.92 Å². The van der Waals surface area contributed by atoms with Crippen molar-refractivity contribution in [2.75, 3.05) is 11.9 Å². The first-order chi connectivity index (χ1) is 9.31. The Bertz CT molecular complexity index is 546. The molecule has 1 aliphatic carbocycles. The van der Waals surface area contributed by atoms with Gasteiger partial charge in [-0.05, 0) is 30.5 Å². The quantitative estimate of drug-likeness (QED) is 0.824. The van der Waals surface area contributed by atoms with Crippen LogP contribution in [-0.4, -0.2) is 11.5 Å². The van der Waals surface area contributed by atoms with Gasteiger partial charge in [-0.1, -0.05) is 55.0 Å². The minimum Gasteiger partial charge on any atom is -0.361 e. The fraction of sp³-hybridized carbons (Fsp3) is 0.533. The molecule has 0 saturated heterocycles. The molecule has 19 heavy (non-hydrogen) atoms. The van der Waals surface area contributed by atoms with Gasteiger partial charge in [0.05, 0.1) is 10.2 Å². The van der Waals surface area contributed by atoms with Gasteiger partial charge >= 0.3 is 0 Å². The molecular weight excluding hydrogens is 276 g/mol. The molecule has 1 heterocycles. The molecule has 1 aromatic carbocycles. The van der Waals surface area contributed by atoms with Crippen LogP contribution in [0.4, 0.5) is 5.13 Å². The van der Waals surface area contributed by atoms with E-state index >= 15 is 0 Å². The van der Waals surface area contributed by atoms with Gasteiger partial charge in [-0.15, -0.1) is 0 Å². The number of anilines is 1. The molecule has 2 aromatic rings. The SMILES string of the molecule is Clc1ccc2sc(NCCC3CCCCC3)nc2c1. The highest BCUT2D eigenvalue weighted by atomic mass is 35.5. The van der Waals surface area contributed by atoms with Crippen LogP contribution in [0.2, 0.25) is 5.02 Å². The van der Waals surface area contributed by atoms with E-state index in [1.165, 1.54) is 43.2 Å². The zero-order valence-corrected chi connectivity index (χ0v) is 12.6. The second-order valence-corrected chi connectivity index (χ2v) is 6.82. The summed E-state index contributed by atoms with van der Waals surface area (Å²) in [5.74, 6) is 0.921. The maximum atomic E-state index is 5.98. The smallest absolute Gasteiger partial charge is 0.183 e. The molecule has 102 valence electrons. The second kappa shape index (κ2) is 6.10. The van der Waals surface area contributed by atoms with Crippen LogP contribution in [0.25, 0.3) is 10.2 Å². The van der Waals surface area contributed by atoms with Gasteiger partial charge in [0, 0.05) is 11.6 Å². The van der Waals surface area contributed by atoms with Crippen molar-refractivity contribution in [1.82, 2.24) is 4.98 Å². The summed E-state index contributed by atoms with van der Waals surface area (Å²) in [6.07, 6.45) is 8.38. The van der Waals surface area contributed by atoms with Gasteiger partial charge in [0.15, 0.2) is 5.13 Å². The van der Waals surface area contributed by atoms with E-state index in [2.05, 4.69) is 10.3 Å². The Morgan fingerprint density at radius 3 is 2.95 bits per heavy atom. The molecule has 1 saturated carbocycles. The first kappa shape index (κ1) is 13.2. The van der Waals surface area contributed by atoms with E-state index in [-0.39, 0.29) is 0 Å². The van der Waals surface area contributed by atoms with Crippen LogP contribution in [0.3, 0.4) is 0 Å². The molecule has 0 unspecified atom stereocenters. The van der Waals surface area contributed by atoms with Crippen molar-refractivity contribution < 1.29 is 0 Å². The number of aromatic nitrogens is 1. The summed E-state index contributed by atoms with van der Waals surface area (Å²) in [4.78, 5) is 4.58. The van der Waals surface area contributed by atoms with Crippen LogP contribution in [0.5, 0.6) is 0 Å². The van der Waals surface area contributed by atoms with Gasteiger partial charge in [-0.2, -0.15) is 0 Å². The molecular formula is C15H19ClN2S. The number of rotatable bonds is 4. The van der Waals surface area contributed by atoms with Gasteiger partial charge < -0.3 is 5.32 Å². The molecule has 3 rings (SSSR count). The Hall–Kier alpha value is -0.800. The van der Waals surface area contributed by atoms with Gasteiger partial charge in [-0.25, -0.2) is 4.98 Å². The van der Waals surface area contributed by atoms with Crippen molar-refractivity contribution in [2.45, 2.75) is 38.5 Å². The van der Waals surface area contributed by atoms with Gasteiger partial charge in [-0.3, -0.25) is 0 Å². The number of nitrogens with one attached hydrogen (secondary N) is 1. The summed E-state index contributed by atoms with van der Waals surface area (Å²) >= 11 is 7.69. The number of hydrogen-bond donors (Lipinski definition) is 1. The maximum Gasteiger partial charge on any atom is 0.183 e. The van der Waals surface area contributed by atoms with Crippen LogP contribution < -0.4 is 5.32 Å². The Kier molecular flexibility index (Phi) is 4.24. The van der Waals surface area contributed by atoms with E-state index in [1.807, 2.05) is 18.2 Å². The molecule has 1 aromatic heterocycles. The van der Waals surface area contributed by atoms with E-state index in [4.69, 9.17) is 11.6 Å². The van der Waals surface area contributed by atoms with Gasteiger partial charge in [0.25, 0.3) is 0 Å². The van der Waals surface area contributed by atoms with Crippen molar-refractivity contribution in [3.8, 4) is 0 Å². The summed E-state index contributed by atoms with van der Waals surface area (Å²) in [5.41, 5.74) is 0.998. The first-order valence-corrected chi connectivity index (χ1v) is 8.31. The molecule has 1 fully saturated rings. The molecule has 1 aliphatic rings. The number of fused-ring (bicyclic) bond motifs is 1. The third-order valence-electron chi connectivity index (χ3n) is 3.90. The highest BCUT2D eigenvalue weighted by Crippen LogP contribution is 2.29. The van der Waals surface area contributed by atoms with Crippen molar-refractivity contribution >= 4 is 38.3 Å². The normalized spacial score (nSPS) is 16.9. The highest BCUT2D eigenvalue weighted by molar-refractivity contribution is 7.22. The lowest BCUT2D eigenvalue weighted by atomic mass is 9.87. The third kappa shape index (κ3) is 3.40. The van der Waals surface area contributed by atoms with E-state index < -0.39 is 0 Å². The van der Waals surface area contributed by atoms with E-state index in [0.717, 1.165) is 28.1 Å². The minimum atomic E-state index is 0.756. The Labute approximate surface area is 123 Å². The largest absolute Gasteiger partial charge is 0.361 e. The standard InChI is InChI=1S/C15H19ClN2S/c16-12-6-7-14-13(10-12)18-15(19-14)17-9-8-11-4-2-1-3-5-11/h6-7,10-11H,1-5,8-9H2,(H,17,18). The lowest BCUT2D eigenvalue weighted by molar-refractivity contribution is 0.345. The monoisotopic (exact) mass is 294 g/mol. The molecule has 0 aliphatic heterocycles. The molecule has 1 N–H and O–H groups in total. The minimum absolute atomic E-state index is 0.756. The first-order valence-electron chi connectivity index (χ1n) is 7.11. The zero-order valence-electron chi connectivity index (χ0n) is 11.0. The Morgan fingerprint density at radius 2 is 2.11 bits per heavy atom. The van der Waals surface area contributed by atoms with Gasteiger partial charge in [0.2, 0.25) is 0 Å². The van der Waals surface area contributed by atoms with Crippen molar-refractivity contribution in [1.29, 1.82) is 0 Å². The van der Waals surface area contributed by atoms with E-state index in [1.54, 1.807) is 11.3 Å². The maximum absolute atomic E-state index is 5.98. The summed E-state index contributed by atoms with van der Waals surface area (Å²) in [5, 5.41) is 5.24. The van der Waals surface area contributed by atoms with Crippen LogP contribution >= 0.6 is 22.9 Å². The molecule has 0 bridgehead atoms. The van der Waals surface area contributed by atoms with E-state index in [0.29, 0.717) is 0 Å². The Morgan fingerprint density at radius 1 is 1.26 bits per heavy atom. The molecule has 4 heteroatoms. The summed E-state index contributed by atoms with van der Waals surface area (Å²) < 4.78 is 1.20. The lowest BCUT2D eigenvalue weighted by Crippen LogP contribution is -2.11. The van der Waals surface area contributed by atoms with Crippen LogP contribution in [-0.2, 0) is 0 Å². The van der Waals surface area contributed by atoms with Crippen molar-refractivity contribution in [3.05, 3.63) is 23.2 Å². The molecule has 2 nitrogen and oxygen atoms in total. The van der Waals surface area contributed by atoms with Crippen molar-refractivity contribution in [2.24, 2.45) is 5.92 Å². The predicted molar refractivity (Wildman–Crippen MR) is 84.3 cm³/mol. The average molecular weight is 295 g/mol. The van der Waals surface area contributed by atoms with Crippen LogP contribution in [0.1, 0.15) is 38.5 Å². The summed E-state index contributed by atoms with van der Waals surface area (Å²) in [7, 11) is 0. The van der Waals surface area contributed by atoms with Crippen LogP contribution in [0.15, 0.2) is 18.2 Å². The number of hydrogen-bond acceptors (Lipinski definition) is 3. The van der Waals surface area contributed by atoms with Gasteiger partial charge in [0.1, 0.15) is 0 Å². The average Bonchev–Trinajstić information content (AvgIpc) is 2.82. The van der Waals surface area contributed by atoms with Crippen molar-refractivity contribution in [3.63, 3.8) is 0 Å². The number of thiazole rings is 1.